The van der Waals surface area contributed by atoms with Crippen LogP contribution in [0.3, 0.4) is 0 Å². The summed E-state index contributed by atoms with van der Waals surface area (Å²) in [6, 6.07) is 0. The summed E-state index contributed by atoms with van der Waals surface area (Å²) < 4.78 is 10.9. The van der Waals surface area contributed by atoms with E-state index in [9.17, 15) is 14.4 Å². The topological polar surface area (TPSA) is 72.9 Å². The fourth-order valence-electron chi connectivity index (χ4n) is 4.78. The van der Waals surface area contributed by atoms with Crippen molar-refractivity contribution in [2.24, 2.45) is 5.92 Å². The van der Waals surface area contributed by atoms with Crippen LogP contribution in [0.4, 0.5) is 0 Å². The van der Waals surface area contributed by atoms with E-state index in [0.29, 0.717) is 6.42 Å². The maximum Gasteiger partial charge on any atom is 0.315 e. The van der Waals surface area contributed by atoms with Crippen LogP contribution in [0.1, 0.15) is 136 Å². The fraction of sp³-hybridized carbons (Fsp3) is 0.897. The minimum absolute atomic E-state index is 0.0966. The highest BCUT2D eigenvalue weighted by molar-refractivity contribution is 5.94. The Bertz CT molecular complexity index is 592. The molecule has 1 amide bonds. The fourth-order valence-corrected chi connectivity index (χ4v) is 4.78. The summed E-state index contributed by atoms with van der Waals surface area (Å²) in [5, 5.41) is 0. The van der Waals surface area contributed by atoms with Crippen LogP contribution in [0.15, 0.2) is 0 Å². The van der Waals surface area contributed by atoms with Gasteiger partial charge >= 0.3 is 11.9 Å². The lowest BCUT2D eigenvalue weighted by atomic mass is 9.89. The van der Waals surface area contributed by atoms with Crippen LogP contribution in [0, 0.1) is 5.92 Å². The van der Waals surface area contributed by atoms with Crippen LogP contribution in [0.2, 0.25) is 0 Å². The molecule has 0 unspecified atom stereocenters. The van der Waals surface area contributed by atoms with E-state index in [1.54, 1.807) is 14.1 Å². The van der Waals surface area contributed by atoms with Crippen molar-refractivity contribution in [2.45, 2.75) is 148 Å². The summed E-state index contributed by atoms with van der Waals surface area (Å²) in [5.41, 5.74) is 0. The first-order valence-electron chi connectivity index (χ1n) is 14.5. The van der Waals surface area contributed by atoms with Gasteiger partial charge in [-0.05, 0) is 19.3 Å². The molecule has 0 radical (unpaired) electrons. The summed E-state index contributed by atoms with van der Waals surface area (Å²) in [5.74, 6) is -1.01. The first-order valence-corrected chi connectivity index (χ1v) is 14.5. The largest absolute Gasteiger partial charge is 0.462 e. The molecule has 0 aromatic rings. The molecule has 0 aliphatic carbocycles. The van der Waals surface area contributed by atoms with E-state index in [4.69, 9.17) is 9.47 Å². The molecule has 0 aromatic carbocycles. The number of cyclic esters (lactones) is 1. The molecular weight excluding hydrogens is 442 g/mol. The Morgan fingerprint density at radius 3 is 1.74 bits per heavy atom. The highest BCUT2D eigenvalue weighted by atomic mass is 16.6. The molecule has 0 spiro atoms. The van der Waals surface area contributed by atoms with Gasteiger partial charge in [0.05, 0.1) is 5.92 Å². The maximum absolute atomic E-state index is 12.3. The molecule has 1 aliphatic rings. The minimum atomic E-state index is -0.492. The van der Waals surface area contributed by atoms with Gasteiger partial charge in [0.25, 0.3) is 0 Å². The number of hydrogen-bond acceptors (Lipinski definition) is 5. The van der Waals surface area contributed by atoms with Crippen LogP contribution in [-0.2, 0) is 23.9 Å². The molecule has 204 valence electrons. The zero-order valence-electron chi connectivity index (χ0n) is 23.2. The summed E-state index contributed by atoms with van der Waals surface area (Å²) in [4.78, 5) is 37.1. The predicted molar refractivity (Wildman–Crippen MR) is 141 cm³/mol. The Labute approximate surface area is 214 Å². The Morgan fingerprint density at radius 1 is 0.829 bits per heavy atom. The van der Waals surface area contributed by atoms with Crippen LogP contribution in [0.5, 0.6) is 0 Å². The van der Waals surface area contributed by atoms with Gasteiger partial charge in [-0.3, -0.25) is 14.4 Å². The lowest BCUT2D eigenvalue weighted by molar-refractivity contribution is -0.189. The van der Waals surface area contributed by atoms with Crippen molar-refractivity contribution in [2.75, 3.05) is 14.1 Å². The van der Waals surface area contributed by atoms with E-state index in [1.807, 2.05) is 6.92 Å². The first kappa shape index (κ1) is 31.4. The van der Waals surface area contributed by atoms with Gasteiger partial charge < -0.3 is 14.4 Å². The molecule has 35 heavy (non-hydrogen) atoms. The van der Waals surface area contributed by atoms with Crippen molar-refractivity contribution in [3.63, 3.8) is 0 Å². The number of ether oxygens (including phenoxy) is 2. The van der Waals surface area contributed by atoms with E-state index >= 15 is 0 Å². The summed E-state index contributed by atoms with van der Waals surface area (Å²) in [6.07, 6.45) is 21.0. The molecular formula is C29H53NO5. The highest BCUT2D eigenvalue weighted by Gasteiger charge is 2.42. The maximum atomic E-state index is 12.3. The third kappa shape index (κ3) is 14.5. The standard InChI is InChI=1S/C29H53NO5/c1-5-7-8-9-10-11-12-13-14-15-16-17-18-19-20-21-24(22-26-25(6-2)29(33)35-26)34-28(32)23-27(31)30(3)4/h24-26H,5-23H2,1-4H3/t24-,25-,26-/m0/s1. The van der Waals surface area contributed by atoms with Gasteiger partial charge in [-0.15, -0.1) is 0 Å². The molecule has 0 aromatic heterocycles. The third-order valence-corrected chi connectivity index (χ3v) is 7.18. The van der Waals surface area contributed by atoms with Crippen molar-refractivity contribution in [3.8, 4) is 0 Å². The molecule has 0 N–H and O–H groups in total. The van der Waals surface area contributed by atoms with Crippen LogP contribution in [0.25, 0.3) is 0 Å². The molecule has 6 nitrogen and oxygen atoms in total. The smallest absolute Gasteiger partial charge is 0.315 e. The summed E-state index contributed by atoms with van der Waals surface area (Å²) in [7, 11) is 3.25. The van der Waals surface area contributed by atoms with E-state index < -0.39 is 5.97 Å². The molecule has 1 aliphatic heterocycles. The van der Waals surface area contributed by atoms with Gasteiger partial charge in [0, 0.05) is 20.5 Å². The van der Waals surface area contributed by atoms with Gasteiger partial charge in [0.1, 0.15) is 18.6 Å². The first-order chi connectivity index (χ1) is 16.9. The lowest BCUT2D eigenvalue weighted by Crippen LogP contribution is -2.46. The van der Waals surface area contributed by atoms with E-state index in [-0.39, 0.29) is 36.4 Å². The molecule has 1 saturated heterocycles. The van der Waals surface area contributed by atoms with Crippen LogP contribution in [-0.4, -0.2) is 49.0 Å². The number of unbranched alkanes of at least 4 members (excludes halogenated alkanes) is 14. The molecule has 1 heterocycles. The number of carbonyl (C=O) groups is 3. The van der Waals surface area contributed by atoms with Crippen molar-refractivity contribution in [1.29, 1.82) is 0 Å². The van der Waals surface area contributed by atoms with Crippen molar-refractivity contribution in [3.05, 3.63) is 0 Å². The van der Waals surface area contributed by atoms with E-state index in [0.717, 1.165) is 25.7 Å². The number of amides is 1. The Morgan fingerprint density at radius 2 is 1.31 bits per heavy atom. The third-order valence-electron chi connectivity index (χ3n) is 7.18. The van der Waals surface area contributed by atoms with E-state index in [2.05, 4.69) is 6.92 Å². The van der Waals surface area contributed by atoms with Crippen molar-refractivity contribution >= 4 is 17.8 Å². The number of rotatable bonds is 22. The average molecular weight is 496 g/mol. The van der Waals surface area contributed by atoms with Gasteiger partial charge in [-0.1, -0.05) is 104 Å². The Kier molecular flexibility index (Phi) is 17.6. The highest BCUT2D eigenvalue weighted by Crippen LogP contribution is 2.31. The van der Waals surface area contributed by atoms with Crippen LogP contribution >= 0.6 is 0 Å². The summed E-state index contributed by atoms with van der Waals surface area (Å²) >= 11 is 0. The van der Waals surface area contributed by atoms with Gasteiger partial charge in [-0.2, -0.15) is 0 Å². The second-order valence-corrected chi connectivity index (χ2v) is 10.5. The normalized spacial score (nSPS) is 18.0. The van der Waals surface area contributed by atoms with Crippen molar-refractivity contribution in [1.82, 2.24) is 4.90 Å². The van der Waals surface area contributed by atoms with Crippen molar-refractivity contribution < 1.29 is 23.9 Å². The van der Waals surface area contributed by atoms with Gasteiger partial charge in [0.15, 0.2) is 0 Å². The van der Waals surface area contributed by atoms with E-state index in [1.165, 1.54) is 88.4 Å². The number of nitrogens with zero attached hydrogens (tertiary/aromatic N) is 1. The molecule has 0 bridgehead atoms. The number of esters is 2. The second kappa shape index (κ2) is 19.6. The lowest BCUT2D eigenvalue weighted by Gasteiger charge is -2.36. The Hall–Kier alpha value is -1.59. The Balaban J connectivity index is 2.16. The molecule has 0 saturated carbocycles. The predicted octanol–water partition coefficient (Wildman–Crippen LogP) is 6.98. The molecule has 1 fully saturated rings. The number of carbonyl (C=O) groups excluding carboxylic acids is 3. The molecule has 1 rings (SSSR count). The molecule has 6 heteroatoms. The second-order valence-electron chi connectivity index (χ2n) is 10.5. The van der Waals surface area contributed by atoms with Crippen LogP contribution < -0.4 is 0 Å². The monoisotopic (exact) mass is 495 g/mol. The van der Waals surface area contributed by atoms with Gasteiger partial charge in [0.2, 0.25) is 5.91 Å². The summed E-state index contributed by atoms with van der Waals surface area (Å²) in [6.45, 7) is 4.24. The minimum Gasteiger partial charge on any atom is -0.462 e. The number of hydrogen-bond donors (Lipinski definition) is 0. The van der Waals surface area contributed by atoms with Gasteiger partial charge in [-0.25, -0.2) is 0 Å². The average Bonchev–Trinajstić information content (AvgIpc) is 2.81. The quantitative estimate of drug-likeness (QED) is 0.0920. The SMILES string of the molecule is CCCCCCCCCCCCCCCCC[C@@H](C[C@@H]1OC(=O)[C@H]1CC)OC(=O)CC(=O)N(C)C. The zero-order valence-corrected chi connectivity index (χ0v) is 23.2. The molecule has 3 atom stereocenters. The zero-order chi connectivity index (χ0) is 25.9.